The van der Waals surface area contributed by atoms with Crippen LogP contribution in [0.4, 0.5) is 5.13 Å². The van der Waals surface area contributed by atoms with Gasteiger partial charge in [0, 0.05) is 16.2 Å². The van der Waals surface area contributed by atoms with Crippen LogP contribution in [0.25, 0.3) is 0 Å². The maximum atomic E-state index is 12.1. The highest BCUT2D eigenvalue weighted by atomic mass is 32.1. The Balaban J connectivity index is 2.74. The van der Waals surface area contributed by atoms with Crippen molar-refractivity contribution in [3.8, 4) is 0 Å². The summed E-state index contributed by atoms with van der Waals surface area (Å²) in [5.41, 5.74) is 0.719. The smallest absolute Gasteiger partial charge is 0.231 e. The molecule has 0 aliphatic carbocycles. The number of hydrogen-bond acceptors (Lipinski definition) is 3. The standard InChI is InChI=1S/C14H24N2OS/c1-7-8-14(5,6)11(17)16-12-15-10(9-18-12)13(2,3)4/h9H,7-8H2,1-6H3,(H,15,16,17). The van der Waals surface area contributed by atoms with Crippen molar-refractivity contribution in [3.63, 3.8) is 0 Å². The number of carbonyl (C=O) groups is 1. The van der Waals surface area contributed by atoms with Crippen LogP contribution in [0.3, 0.4) is 0 Å². The maximum absolute atomic E-state index is 12.1. The molecule has 0 saturated carbocycles. The molecule has 18 heavy (non-hydrogen) atoms. The van der Waals surface area contributed by atoms with Crippen LogP contribution >= 0.6 is 11.3 Å². The van der Waals surface area contributed by atoms with Gasteiger partial charge in [-0.3, -0.25) is 4.79 Å². The number of rotatable bonds is 4. The number of hydrogen-bond donors (Lipinski definition) is 1. The molecule has 1 heterocycles. The van der Waals surface area contributed by atoms with Crippen LogP contribution in [0, 0.1) is 5.41 Å². The van der Waals surface area contributed by atoms with E-state index >= 15 is 0 Å². The van der Waals surface area contributed by atoms with E-state index in [0.717, 1.165) is 18.5 Å². The average Bonchev–Trinajstić information content (AvgIpc) is 2.65. The Morgan fingerprint density at radius 2 is 1.94 bits per heavy atom. The lowest BCUT2D eigenvalue weighted by Crippen LogP contribution is -2.30. The normalized spacial score (nSPS) is 12.6. The first-order valence-corrected chi connectivity index (χ1v) is 7.32. The van der Waals surface area contributed by atoms with Gasteiger partial charge < -0.3 is 5.32 Å². The molecule has 0 bridgehead atoms. The fraction of sp³-hybridized carbons (Fsp3) is 0.714. The van der Waals surface area contributed by atoms with E-state index in [4.69, 9.17) is 0 Å². The molecule has 0 aliphatic rings. The van der Waals surface area contributed by atoms with Gasteiger partial charge >= 0.3 is 0 Å². The molecular weight excluding hydrogens is 244 g/mol. The molecule has 0 aromatic carbocycles. The third-order valence-electron chi connectivity index (χ3n) is 2.98. The summed E-state index contributed by atoms with van der Waals surface area (Å²) in [7, 11) is 0. The summed E-state index contributed by atoms with van der Waals surface area (Å²) in [5.74, 6) is 0.0548. The van der Waals surface area contributed by atoms with Gasteiger partial charge in [-0.25, -0.2) is 4.98 Å². The zero-order chi connectivity index (χ0) is 14.0. The van der Waals surface area contributed by atoms with Crippen molar-refractivity contribution in [2.45, 2.75) is 59.8 Å². The average molecular weight is 268 g/mol. The van der Waals surface area contributed by atoms with Gasteiger partial charge in [0.25, 0.3) is 0 Å². The number of amides is 1. The third-order valence-corrected chi connectivity index (χ3v) is 3.74. The van der Waals surface area contributed by atoms with Gasteiger partial charge in [0.05, 0.1) is 5.69 Å². The van der Waals surface area contributed by atoms with Gasteiger partial charge in [-0.05, 0) is 6.42 Å². The minimum atomic E-state index is -0.331. The minimum Gasteiger partial charge on any atom is -0.302 e. The van der Waals surface area contributed by atoms with Crippen LogP contribution in [0.15, 0.2) is 5.38 Å². The summed E-state index contributed by atoms with van der Waals surface area (Å²) >= 11 is 1.50. The number of aromatic nitrogens is 1. The number of thiazole rings is 1. The first-order chi connectivity index (χ1) is 8.16. The Bertz CT molecular complexity index is 416. The Kier molecular flexibility index (Phi) is 4.54. The Morgan fingerprint density at radius 1 is 1.33 bits per heavy atom. The number of carbonyl (C=O) groups excluding carboxylic acids is 1. The van der Waals surface area contributed by atoms with E-state index in [0.29, 0.717) is 5.13 Å². The highest BCUT2D eigenvalue weighted by Crippen LogP contribution is 2.29. The molecule has 0 aliphatic heterocycles. The van der Waals surface area contributed by atoms with Crippen LogP contribution in [-0.2, 0) is 10.2 Å². The van der Waals surface area contributed by atoms with Crippen LogP contribution in [0.5, 0.6) is 0 Å². The van der Waals surface area contributed by atoms with Crippen molar-refractivity contribution < 1.29 is 4.79 Å². The molecular formula is C14H24N2OS. The van der Waals surface area contributed by atoms with E-state index in [1.165, 1.54) is 11.3 Å². The van der Waals surface area contributed by atoms with E-state index in [2.05, 4.69) is 38.0 Å². The van der Waals surface area contributed by atoms with E-state index in [1.54, 1.807) is 0 Å². The second-order valence-electron chi connectivity index (χ2n) is 6.38. The van der Waals surface area contributed by atoms with Gasteiger partial charge in [-0.15, -0.1) is 11.3 Å². The molecule has 1 N–H and O–H groups in total. The number of nitrogens with one attached hydrogen (secondary N) is 1. The zero-order valence-electron chi connectivity index (χ0n) is 12.3. The van der Waals surface area contributed by atoms with Crippen LogP contribution in [0.2, 0.25) is 0 Å². The lowest BCUT2D eigenvalue weighted by Gasteiger charge is -2.21. The molecule has 1 amide bonds. The maximum Gasteiger partial charge on any atom is 0.231 e. The van der Waals surface area contributed by atoms with Gasteiger partial charge in [0.15, 0.2) is 5.13 Å². The van der Waals surface area contributed by atoms with E-state index in [-0.39, 0.29) is 16.7 Å². The summed E-state index contributed by atoms with van der Waals surface area (Å²) in [6, 6.07) is 0. The molecule has 0 atom stereocenters. The Labute approximate surface area is 114 Å². The highest BCUT2D eigenvalue weighted by Gasteiger charge is 2.27. The molecule has 0 saturated heterocycles. The molecule has 0 fully saturated rings. The molecule has 4 heteroatoms. The van der Waals surface area contributed by atoms with E-state index in [9.17, 15) is 4.79 Å². The van der Waals surface area contributed by atoms with Crippen molar-refractivity contribution in [3.05, 3.63) is 11.1 Å². The monoisotopic (exact) mass is 268 g/mol. The van der Waals surface area contributed by atoms with Crippen molar-refractivity contribution >= 4 is 22.4 Å². The predicted octanol–water partition coefficient (Wildman–Crippen LogP) is 4.21. The van der Waals surface area contributed by atoms with E-state index < -0.39 is 0 Å². The summed E-state index contributed by atoms with van der Waals surface area (Å²) < 4.78 is 0. The fourth-order valence-electron chi connectivity index (χ4n) is 1.68. The van der Waals surface area contributed by atoms with Gasteiger partial charge in [0.2, 0.25) is 5.91 Å². The zero-order valence-corrected chi connectivity index (χ0v) is 13.1. The number of anilines is 1. The molecule has 0 spiro atoms. The summed E-state index contributed by atoms with van der Waals surface area (Å²) in [6.45, 7) is 12.4. The first kappa shape index (κ1) is 15.2. The van der Waals surface area contributed by atoms with Gasteiger partial charge in [-0.1, -0.05) is 48.0 Å². The second kappa shape index (κ2) is 5.39. The van der Waals surface area contributed by atoms with Crippen molar-refractivity contribution in [1.82, 2.24) is 4.98 Å². The largest absolute Gasteiger partial charge is 0.302 e. The highest BCUT2D eigenvalue weighted by molar-refractivity contribution is 7.13. The molecule has 1 aromatic rings. The SMILES string of the molecule is CCCC(C)(C)C(=O)Nc1nc(C(C)(C)C)cs1. The predicted molar refractivity (Wildman–Crippen MR) is 78.1 cm³/mol. The quantitative estimate of drug-likeness (QED) is 0.889. The van der Waals surface area contributed by atoms with Crippen molar-refractivity contribution in [2.24, 2.45) is 5.41 Å². The Hall–Kier alpha value is -0.900. The van der Waals surface area contributed by atoms with Gasteiger partial charge in [-0.2, -0.15) is 0 Å². The lowest BCUT2D eigenvalue weighted by atomic mass is 9.87. The molecule has 0 unspecified atom stereocenters. The molecule has 3 nitrogen and oxygen atoms in total. The van der Waals surface area contributed by atoms with E-state index in [1.807, 2.05) is 19.2 Å². The summed E-state index contributed by atoms with van der Waals surface area (Å²) in [5, 5.41) is 5.65. The molecule has 102 valence electrons. The summed E-state index contributed by atoms with van der Waals surface area (Å²) in [4.78, 5) is 16.6. The topological polar surface area (TPSA) is 42.0 Å². The van der Waals surface area contributed by atoms with Crippen LogP contribution in [-0.4, -0.2) is 10.9 Å². The molecule has 1 rings (SSSR count). The van der Waals surface area contributed by atoms with Crippen molar-refractivity contribution in [2.75, 3.05) is 5.32 Å². The molecule has 0 radical (unpaired) electrons. The Morgan fingerprint density at radius 3 is 2.39 bits per heavy atom. The minimum absolute atomic E-state index is 0.0262. The second-order valence-corrected chi connectivity index (χ2v) is 7.23. The van der Waals surface area contributed by atoms with Gasteiger partial charge in [0.1, 0.15) is 0 Å². The fourth-order valence-corrected chi connectivity index (χ4v) is 2.61. The first-order valence-electron chi connectivity index (χ1n) is 6.44. The number of nitrogens with zero attached hydrogens (tertiary/aromatic N) is 1. The molecule has 1 aromatic heterocycles. The van der Waals surface area contributed by atoms with Crippen LogP contribution in [0.1, 0.15) is 60.1 Å². The van der Waals surface area contributed by atoms with Crippen LogP contribution < -0.4 is 5.32 Å². The summed E-state index contributed by atoms with van der Waals surface area (Å²) in [6.07, 6.45) is 1.89. The van der Waals surface area contributed by atoms with Crippen molar-refractivity contribution in [1.29, 1.82) is 0 Å². The third kappa shape index (κ3) is 3.80. The lowest BCUT2D eigenvalue weighted by molar-refractivity contribution is -0.124.